The first kappa shape index (κ1) is 26.7. The summed E-state index contributed by atoms with van der Waals surface area (Å²) in [5.74, 6) is 0.422. The zero-order valence-corrected chi connectivity index (χ0v) is 23.9. The fraction of sp³-hybridized carbons (Fsp3) is 0.0303. The van der Waals surface area contributed by atoms with Gasteiger partial charge in [-0.15, -0.1) is 0 Å². The van der Waals surface area contributed by atoms with Gasteiger partial charge < -0.3 is 14.3 Å². The van der Waals surface area contributed by atoms with E-state index >= 15 is 0 Å². The predicted molar refractivity (Wildman–Crippen MR) is 171 cm³/mol. The average molecular weight is 606 g/mol. The molecule has 0 fully saturated rings. The summed E-state index contributed by atoms with van der Waals surface area (Å²) in [6, 6.07) is 28.8. The van der Waals surface area contributed by atoms with Gasteiger partial charge in [0.1, 0.15) is 12.1 Å². The first-order valence-electron chi connectivity index (χ1n) is 13.3. The van der Waals surface area contributed by atoms with E-state index in [1.54, 1.807) is 72.9 Å². The third kappa shape index (κ3) is 5.18. The predicted octanol–water partition coefficient (Wildman–Crippen LogP) is 7.59. The molecule has 210 valence electrons. The van der Waals surface area contributed by atoms with Gasteiger partial charge in [-0.25, -0.2) is 4.98 Å². The summed E-state index contributed by atoms with van der Waals surface area (Å²) in [4.78, 5) is 31.3. The summed E-state index contributed by atoms with van der Waals surface area (Å²) in [7, 11) is 0. The molecule has 0 saturated carbocycles. The molecule has 4 aromatic carbocycles. The number of aromatic nitrogens is 3. The molecule has 3 aromatic heterocycles. The molecule has 10 heteroatoms. The van der Waals surface area contributed by atoms with Gasteiger partial charge in [-0.05, 0) is 66.7 Å². The first-order valence-corrected chi connectivity index (χ1v) is 14.1. The van der Waals surface area contributed by atoms with Crippen LogP contribution in [0.1, 0.15) is 5.56 Å². The standard InChI is InChI=1S/C33H21Cl2N5O3/c34-22-9-12-24(13-10-22)37-31(41)19-39-18-21(25-5-2-4-8-28(25)39)17-36-40-32(38-27-7-3-1-6-26(27)33(40)42)30-16-20-15-23(35)11-14-29(20)43-30/h1-18H,19H2,(H,37,41). The number of hydrogen-bond acceptors (Lipinski definition) is 5. The Labute approximate surface area is 254 Å². The van der Waals surface area contributed by atoms with Crippen molar-refractivity contribution in [2.75, 3.05) is 5.32 Å². The second kappa shape index (κ2) is 10.9. The number of hydrogen-bond donors (Lipinski definition) is 1. The highest BCUT2D eigenvalue weighted by atomic mass is 35.5. The minimum absolute atomic E-state index is 0.0707. The van der Waals surface area contributed by atoms with E-state index in [4.69, 9.17) is 32.6 Å². The van der Waals surface area contributed by atoms with Gasteiger partial charge in [-0.2, -0.15) is 9.78 Å². The van der Waals surface area contributed by atoms with Crippen molar-refractivity contribution >= 4 is 73.8 Å². The second-order valence-corrected chi connectivity index (χ2v) is 10.8. The average Bonchev–Trinajstić information content (AvgIpc) is 3.59. The number of halogens is 2. The maximum absolute atomic E-state index is 13.7. The van der Waals surface area contributed by atoms with Gasteiger partial charge in [-0.3, -0.25) is 9.59 Å². The van der Waals surface area contributed by atoms with Crippen LogP contribution in [0.25, 0.3) is 44.4 Å². The van der Waals surface area contributed by atoms with Crippen LogP contribution in [-0.2, 0) is 11.3 Å². The van der Waals surface area contributed by atoms with Crippen molar-refractivity contribution in [3.63, 3.8) is 0 Å². The van der Waals surface area contributed by atoms with Crippen LogP contribution in [0.3, 0.4) is 0 Å². The molecule has 0 saturated heterocycles. The van der Waals surface area contributed by atoms with Crippen molar-refractivity contribution in [3.8, 4) is 11.6 Å². The van der Waals surface area contributed by atoms with Crippen molar-refractivity contribution in [2.24, 2.45) is 5.10 Å². The quantitative estimate of drug-likeness (QED) is 0.197. The van der Waals surface area contributed by atoms with Crippen LogP contribution in [0, 0.1) is 0 Å². The lowest BCUT2D eigenvalue weighted by atomic mass is 10.2. The smallest absolute Gasteiger partial charge is 0.282 e. The Bertz CT molecular complexity index is 2270. The van der Waals surface area contributed by atoms with Crippen LogP contribution in [0.2, 0.25) is 10.0 Å². The Morgan fingerprint density at radius 2 is 1.65 bits per heavy atom. The number of anilines is 1. The molecule has 1 N–H and O–H groups in total. The Hall–Kier alpha value is -5.18. The van der Waals surface area contributed by atoms with Crippen LogP contribution < -0.4 is 10.9 Å². The Balaban J connectivity index is 1.29. The molecule has 0 unspecified atom stereocenters. The molecule has 0 spiro atoms. The van der Waals surface area contributed by atoms with Crippen LogP contribution in [0.4, 0.5) is 5.69 Å². The maximum atomic E-state index is 13.7. The number of carbonyl (C=O) groups is 1. The van der Waals surface area contributed by atoms with Gasteiger partial charge in [0.25, 0.3) is 5.56 Å². The lowest BCUT2D eigenvalue weighted by molar-refractivity contribution is -0.116. The molecule has 3 heterocycles. The zero-order chi connectivity index (χ0) is 29.5. The number of rotatable bonds is 6. The molecule has 7 rings (SSSR count). The van der Waals surface area contributed by atoms with E-state index in [9.17, 15) is 9.59 Å². The van der Waals surface area contributed by atoms with E-state index in [1.807, 2.05) is 41.1 Å². The van der Waals surface area contributed by atoms with Gasteiger partial charge in [0.2, 0.25) is 11.7 Å². The van der Waals surface area contributed by atoms with Crippen LogP contribution >= 0.6 is 23.2 Å². The fourth-order valence-electron chi connectivity index (χ4n) is 5.03. The summed E-state index contributed by atoms with van der Waals surface area (Å²) >= 11 is 12.1. The van der Waals surface area contributed by atoms with Gasteiger partial charge in [0, 0.05) is 43.8 Å². The summed E-state index contributed by atoms with van der Waals surface area (Å²) in [5, 5.41) is 10.7. The van der Waals surface area contributed by atoms with Gasteiger partial charge in [-0.1, -0.05) is 53.5 Å². The molecule has 0 radical (unpaired) electrons. The topological polar surface area (TPSA) is 94.4 Å². The summed E-state index contributed by atoms with van der Waals surface area (Å²) in [6.45, 7) is 0.0707. The molecule has 7 aromatic rings. The van der Waals surface area contributed by atoms with E-state index in [2.05, 4.69) is 10.4 Å². The first-order chi connectivity index (χ1) is 20.9. The highest BCUT2D eigenvalue weighted by molar-refractivity contribution is 6.31. The van der Waals surface area contributed by atoms with Crippen molar-refractivity contribution in [3.05, 3.63) is 129 Å². The van der Waals surface area contributed by atoms with E-state index in [-0.39, 0.29) is 23.8 Å². The summed E-state index contributed by atoms with van der Waals surface area (Å²) in [5.41, 5.74) is 3.00. The summed E-state index contributed by atoms with van der Waals surface area (Å²) < 4.78 is 9.15. The highest BCUT2D eigenvalue weighted by Gasteiger charge is 2.17. The van der Waals surface area contributed by atoms with Crippen molar-refractivity contribution in [1.29, 1.82) is 0 Å². The number of benzene rings is 4. The molecule has 0 aliphatic rings. The lowest BCUT2D eigenvalue weighted by Crippen LogP contribution is -2.20. The Morgan fingerprint density at radius 3 is 2.49 bits per heavy atom. The van der Waals surface area contributed by atoms with Crippen LogP contribution in [-0.4, -0.2) is 26.3 Å². The number of fused-ring (bicyclic) bond motifs is 3. The molecule has 0 bridgehead atoms. The maximum Gasteiger partial charge on any atom is 0.282 e. The largest absolute Gasteiger partial charge is 0.453 e. The second-order valence-electron chi connectivity index (χ2n) is 9.89. The fourth-order valence-corrected chi connectivity index (χ4v) is 5.34. The third-order valence-electron chi connectivity index (χ3n) is 7.03. The third-order valence-corrected chi connectivity index (χ3v) is 7.51. The van der Waals surface area contributed by atoms with Crippen molar-refractivity contribution in [1.82, 2.24) is 14.2 Å². The van der Waals surface area contributed by atoms with Crippen molar-refractivity contribution < 1.29 is 9.21 Å². The number of amides is 1. The molecular weight excluding hydrogens is 585 g/mol. The number of carbonyl (C=O) groups excluding carboxylic acids is 1. The Kier molecular flexibility index (Phi) is 6.77. The molecule has 1 amide bonds. The van der Waals surface area contributed by atoms with E-state index in [0.29, 0.717) is 38.0 Å². The lowest BCUT2D eigenvalue weighted by Gasteiger charge is -2.07. The SMILES string of the molecule is O=C(Cn1cc(C=Nn2c(-c3cc4cc(Cl)ccc4o3)nc3ccccc3c2=O)c2ccccc21)Nc1ccc(Cl)cc1. The molecule has 0 aliphatic heterocycles. The number of para-hydroxylation sites is 2. The van der Waals surface area contributed by atoms with Gasteiger partial charge in [0.05, 0.1) is 17.1 Å². The highest BCUT2D eigenvalue weighted by Crippen LogP contribution is 2.29. The molecule has 0 aliphatic carbocycles. The van der Waals surface area contributed by atoms with Crippen molar-refractivity contribution in [2.45, 2.75) is 6.54 Å². The normalized spacial score (nSPS) is 11.7. The number of furan rings is 1. The number of nitrogens with one attached hydrogen (secondary N) is 1. The summed E-state index contributed by atoms with van der Waals surface area (Å²) in [6.07, 6.45) is 3.43. The van der Waals surface area contributed by atoms with Gasteiger partial charge >= 0.3 is 0 Å². The zero-order valence-electron chi connectivity index (χ0n) is 22.4. The molecular formula is C33H21Cl2N5O3. The minimum Gasteiger partial charge on any atom is -0.453 e. The van der Waals surface area contributed by atoms with Gasteiger partial charge in [0.15, 0.2) is 5.76 Å². The number of nitrogens with zero attached hydrogens (tertiary/aromatic N) is 4. The van der Waals surface area contributed by atoms with Crippen LogP contribution in [0.15, 0.2) is 118 Å². The minimum atomic E-state index is -0.346. The van der Waals surface area contributed by atoms with E-state index in [0.717, 1.165) is 21.9 Å². The van der Waals surface area contributed by atoms with E-state index in [1.165, 1.54) is 4.68 Å². The molecule has 0 atom stereocenters. The van der Waals surface area contributed by atoms with Crippen LogP contribution in [0.5, 0.6) is 0 Å². The van der Waals surface area contributed by atoms with E-state index < -0.39 is 0 Å². The molecule has 8 nitrogen and oxygen atoms in total. The molecule has 43 heavy (non-hydrogen) atoms. The Morgan fingerprint density at radius 1 is 0.907 bits per heavy atom. The monoisotopic (exact) mass is 605 g/mol.